The molecule has 2 aromatic heterocycles. The summed E-state index contributed by atoms with van der Waals surface area (Å²) in [4.78, 5) is 40.4. The van der Waals surface area contributed by atoms with Crippen molar-refractivity contribution in [1.29, 1.82) is 0 Å². The molecule has 0 aromatic carbocycles. The fourth-order valence-corrected chi connectivity index (χ4v) is 4.29. The van der Waals surface area contributed by atoms with Crippen LogP contribution in [0.15, 0.2) is 10.9 Å². The minimum atomic E-state index is -0.669. The Kier molecular flexibility index (Phi) is 5.83. The molecule has 0 bridgehead atoms. The van der Waals surface area contributed by atoms with Crippen LogP contribution >= 0.6 is 0 Å². The predicted molar refractivity (Wildman–Crippen MR) is 121 cm³/mol. The molecule has 2 amide bonds. The van der Waals surface area contributed by atoms with Crippen molar-refractivity contribution in [3.05, 3.63) is 33.3 Å². The number of carbonyl (C=O) groups excluding carboxylic acids is 2. The highest BCUT2D eigenvalue weighted by Crippen LogP contribution is 2.26. The molecule has 1 atom stereocenters. The molecule has 2 N–H and O–H groups in total. The third-order valence-corrected chi connectivity index (χ3v) is 6.14. The zero-order chi connectivity index (χ0) is 23.2. The van der Waals surface area contributed by atoms with Gasteiger partial charge in [0, 0.05) is 36.8 Å². The Bertz CT molecular complexity index is 1160. The fraction of sp³-hybridized carbons (Fsp3) is 0.565. The second-order valence-electron chi connectivity index (χ2n) is 9.35. The third kappa shape index (κ3) is 4.03. The minimum Gasteiger partial charge on any atom is -0.494 e. The van der Waals surface area contributed by atoms with Gasteiger partial charge in [-0.15, -0.1) is 0 Å². The molecule has 1 aliphatic heterocycles. The van der Waals surface area contributed by atoms with Crippen molar-refractivity contribution in [3.63, 3.8) is 0 Å². The molecule has 0 radical (unpaired) electrons. The van der Waals surface area contributed by atoms with Gasteiger partial charge in [-0.3, -0.25) is 19.0 Å². The van der Waals surface area contributed by atoms with Crippen LogP contribution in [0.2, 0.25) is 0 Å². The Morgan fingerprint density at radius 1 is 1.28 bits per heavy atom. The van der Waals surface area contributed by atoms with E-state index in [-0.39, 0.29) is 35.4 Å². The molecule has 3 heterocycles. The number of nitrogens with one attached hydrogen (secondary N) is 1. The van der Waals surface area contributed by atoms with Gasteiger partial charge >= 0.3 is 0 Å². The topological polar surface area (TPSA) is 109 Å². The van der Waals surface area contributed by atoms with Gasteiger partial charge in [0.05, 0.1) is 5.69 Å². The van der Waals surface area contributed by atoms with Crippen molar-refractivity contribution in [1.82, 2.24) is 24.4 Å². The Morgan fingerprint density at radius 2 is 2.00 bits per heavy atom. The van der Waals surface area contributed by atoms with E-state index in [1.54, 1.807) is 17.6 Å². The Morgan fingerprint density at radius 3 is 2.59 bits per heavy atom. The van der Waals surface area contributed by atoms with E-state index in [1.807, 2.05) is 25.7 Å². The number of aromatic hydroxyl groups is 1. The van der Waals surface area contributed by atoms with E-state index >= 15 is 0 Å². The van der Waals surface area contributed by atoms with E-state index in [9.17, 15) is 19.5 Å². The molecule has 1 aliphatic carbocycles. The lowest BCUT2D eigenvalue weighted by atomic mass is 10.1. The minimum absolute atomic E-state index is 0.0485. The number of amides is 2. The highest BCUT2D eigenvalue weighted by molar-refractivity contribution is 5.97. The van der Waals surface area contributed by atoms with Gasteiger partial charge in [0.25, 0.3) is 11.5 Å². The molecule has 172 valence electrons. The Hall–Kier alpha value is -3.10. The lowest BCUT2D eigenvalue weighted by Crippen LogP contribution is -2.34. The molecule has 2 aromatic rings. The summed E-state index contributed by atoms with van der Waals surface area (Å²) >= 11 is 0. The molecule has 9 heteroatoms. The predicted octanol–water partition coefficient (Wildman–Crippen LogP) is 2.08. The van der Waals surface area contributed by atoms with E-state index in [1.165, 1.54) is 10.6 Å². The number of hydrogen-bond acceptors (Lipinski definition) is 5. The van der Waals surface area contributed by atoms with Gasteiger partial charge in [0.1, 0.15) is 5.65 Å². The van der Waals surface area contributed by atoms with E-state index in [0.717, 1.165) is 32.2 Å². The van der Waals surface area contributed by atoms with Gasteiger partial charge in [-0.25, -0.2) is 0 Å². The van der Waals surface area contributed by atoms with Gasteiger partial charge < -0.3 is 15.3 Å². The summed E-state index contributed by atoms with van der Waals surface area (Å²) in [5.41, 5.74) is 0.521. The summed E-state index contributed by atoms with van der Waals surface area (Å²) < 4.78 is 2.72. The normalized spacial score (nSPS) is 18.9. The van der Waals surface area contributed by atoms with Crippen LogP contribution in [0, 0.1) is 12.8 Å². The molecule has 9 nitrogen and oxygen atoms in total. The lowest BCUT2D eigenvalue weighted by Gasteiger charge is -2.19. The first-order valence-corrected chi connectivity index (χ1v) is 11.3. The van der Waals surface area contributed by atoms with E-state index in [0.29, 0.717) is 23.4 Å². The first-order valence-electron chi connectivity index (χ1n) is 11.3. The van der Waals surface area contributed by atoms with Crippen molar-refractivity contribution >= 4 is 23.5 Å². The molecule has 1 saturated heterocycles. The number of carbonyl (C=O) groups is 2. The van der Waals surface area contributed by atoms with Crippen LogP contribution in [0.1, 0.15) is 68.1 Å². The van der Waals surface area contributed by atoms with Crippen molar-refractivity contribution in [2.75, 3.05) is 6.54 Å². The number of nitrogens with zero attached hydrogens (tertiary/aromatic N) is 4. The third-order valence-electron chi connectivity index (χ3n) is 6.14. The van der Waals surface area contributed by atoms with E-state index in [4.69, 9.17) is 0 Å². The van der Waals surface area contributed by atoms with Crippen LogP contribution in [-0.4, -0.2) is 54.6 Å². The molecule has 0 spiro atoms. The zero-order valence-electron chi connectivity index (χ0n) is 19.1. The quantitative estimate of drug-likeness (QED) is 0.667. The van der Waals surface area contributed by atoms with Gasteiger partial charge in [-0.1, -0.05) is 13.8 Å². The van der Waals surface area contributed by atoms with Crippen molar-refractivity contribution in [2.24, 2.45) is 5.92 Å². The smallest absolute Gasteiger partial charge is 0.291 e. The second-order valence-corrected chi connectivity index (χ2v) is 9.35. The van der Waals surface area contributed by atoms with Gasteiger partial charge in [0.15, 0.2) is 5.56 Å². The maximum Gasteiger partial charge on any atom is 0.291 e. The van der Waals surface area contributed by atoms with Gasteiger partial charge in [0.2, 0.25) is 11.8 Å². The van der Waals surface area contributed by atoms with Crippen LogP contribution in [0.25, 0.3) is 11.7 Å². The van der Waals surface area contributed by atoms with Crippen molar-refractivity contribution in [3.8, 4) is 5.88 Å². The average molecular weight is 442 g/mol. The van der Waals surface area contributed by atoms with Crippen LogP contribution in [-0.2, 0) is 11.3 Å². The highest BCUT2D eigenvalue weighted by Gasteiger charge is 2.30. The molecule has 4 rings (SSSR count). The maximum absolute atomic E-state index is 13.2. The summed E-state index contributed by atoms with van der Waals surface area (Å²) in [5.74, 6) is -0.914. The number of fused-ring (bicyclic) bond motifs is 1. The van der Waals surface area contributed by atoms with Crippen LogP contribution < -0.4 is 10.9 Å². The summed E-state index contributed by atoms with van der Waals surface area (Å²) in [7, 11) is 0. The summed E-state index contributed by atoms with van der Waals surface area (Å²) in [5, 5.41) is 18.1. The zero-order valence-corrected chi connectivity index (χ0v) is 19.1. The van der Waals surface area contributed by atoms with E-state index in [2.05, 4.69) is 10.4 Å². The molecule has 1 unspecified atom stereocenters. The number of rotatable bonds is 6. The molecular formula is C23H31N5O4. The monoisotopic (exact) mass is 441 g/mol. The average Bonchev–Trinajstić information content (AvgIpc) is 3.32. The molecule has 1 saturated carbocycles. The highest BCUT2D eigenvalue weighted by atomic mass is 16.3. The first kappa shape index (κ1) is 22.1. The van der Waals surface area contributed by atoms with Crippen molar-refractivity contribution < 1.29 is 14.7 Å². The van der Waals surface area contributed by atoms with Gasteiger partial charge in [-0.05, 0) is 51.5 Å². The number of likely N-dealkylation sites (tertiary alicyclic amines) is 1. The van der Waals surface area contributed by atoms with Crippen LogP contribution in [0.5, 0.6) is 5.88 Å². The Labute approximate surface area is 186 Å². The number of aromatic nitrogens is 3. The summed E-state index contributed by atoms with van der Waals surface area (Å²) in [6.07, 6.45) is 6.88. The number of aryl methyl sites for hydroxylation is 1. The second kappa shape index (κ2) is 8.44. The molecule has 32 heavy (non-hydrogen) atoms. The summed E-state index contributed by atoms with van der Waals surface area (Å²) in [6, 6.07) is 0.250. The standard InChI is InChI=1S/C23H31N5O4/c1-13(2)12-27-21-17(9-10-18(29)26-11-5-6-14(26)3)15(4)25-28(21)23(32)19(22(27)31)20(30)24-16-7-8-16/h9-10,13-14,16,31H,5-8,11-12H2,1-4H3,(H,24,30). The molecular weight excluding hydrogens is 410 g/mol. The first-order chi connectivity index (χ1) is 15.2. The molecule has 2 fully saturated rings. The lowest BCUT2D eigenvalue weighted by molar-refractivity contribution is -0.126. The van der Waals surface area contributed by atoms with Crippen LogP contribution in [0.3, 0.4) is 0 Å². The van der Waals surface area contributed by atoms with Gasteiger partial charge in [-0.2, -0.15) is 9.61 Å². The van der Waals surface area contributed by atoms with Crippen molar-refractivity contribution in [2.45, 2.75) is 72.0 Å². The maximum atomic E-state index is 13.2. The Balaban J connectivity index is 1.83. The van der Waals surface area contributed by atoms with Crippen LogP contribution in [0.4, 0.5) is 0 Å². The summed E-state index contributed by atoms with van der Waals surface area (Å²) in [6.45, 7) is 8.85. The fourth-order valence-electron chi connectivity index (χ4n) is 4.29. The van der Waals surface area contributed by atoms with E-state index < -0.39 is 11.5 Å². The number of hydrogen-bond donors (Lipinski definition) is 2. The molecule has 2 aliphatic rings. The largest absolute Gasteiger partial charge is 0.494 e. The SMILES string of the molecule is Cc1nn2c(=O)c(C(=O)NC3CC3)c(O)n(CC(C)C)c2c1C=CC(=O)N1CCCC1C.